The molecule has 0 spiro atoms. The first-order chi connectivity index (χ1) is 27.1. The average Bonchev–Trinajstić information content (AvgIpc) is 3.22. The third-order valence-electron chi connectivity index (χ3n) is 8.54. The van der Waals surface area contributed by atoms with Gasteiger partial charge in [-0.1, -0.05) is 94.5 Å². The standard InChI is InChI=1S/C24H39N5O6.C9H10.C8H11N3O/c1-17(20(16-31)25-2)13-26-22(33)14-28-24(35)19(12-18-8-4-3-5-9-18)29-23(34)15-27-21(32)10-6-7-11-30;1-2-6-9-7-4-3-5-8-9;1-2-3-11-8(12)7-6-9-4-5-10-7/h6-7,11,16-20,25H,3-5,8-10,12-15H2,1-2H3,(H,26,33)(H,27,32)(H,28,35)(H,29,34);2-8H,1H3;4-6H,2-3H2,1H3,(H,11,12)/b;6-2+;/t17?,19-,20+;;/m0../s1. The van der Waals surface area contributed by atoms with Crippen molar-refractivity contribution in [3.63, 3.8) is 0 Å². The van der Waals surface area contributed by atoms with Gasteiger partial charge in [0.15, 0.2) is 0 Å². The van der Waals surface area contributed by atoms with Crippen LogP contribution in [0.4, 0.5) is 0 Å². The zero-order chi connectivity index (χ0) is 41.4. The van der Waals surface area contributed by atoms with E-state index in [0.29, 0.717) is 30.9 Å². The second-order valence-corrected chi connectivity index (χ2v) is 13.1. The van der Waals surface area contributed by atoms with Crippen molar-refractivity contribution in [3.8, 4) is 0 Å². The van der Waals surface area contributed by atoms with Crippen LogP contribution in [-0.2, 0) is 28.8 Å². The Labute approximate surface area is 330 Å². The highest BCUT2D eigenvalue weighted by Crippen LogP contribution is 2.27. The van der Waals surface area contributed by atoms with Crippen LogP contribution in [0.25, 0.3) is 6.08 Å². The molecular formula is C41H60N8O7. The molecule has 5 amide bonds. The number of nitrogens with zero attached hydrogens (tertiary/aromatic N) is 2. The van der Waals surface area contributed by atoms with Crippen LogP contribution in [-0.4, -0.2) is 97.4 Å². The Morgan fingerprint density at radius 1 is 0.893 bits per heavy atom. The molecule has 6 N–H and O–H groups in total. The number of aromatic nitrogens is 2. The van der Waals surface area contributed by atoms with E-state index in [0.717, 1.165) is 44.8 Å². The fourth-order valence-corrected chi connectivity index (χ4v) is 5.46. The van der Waals surface area contributed by atoms with Gasteiger partial charge in [-0.25, -0.2) is 4.98 Å². The van der Waals surface area contributed by atoms with Gasteiger partial charge in [-0.3, -0.25) is 33.8 Å². The van der Waals surface area contributed by atoms with E-state index in [1.165, 1.54) is 36.3 Å². The van der Waals surface area contributed by atoms with E-state index in [1.807, 2.05) is 45.0 Å². The molecule has 1 unspecified atom stereocenters. The van der Waals surface area contributed by atoms with Crippen LogP contribution in [0.5, 0.6) is 0 Å². The van der Waals surface area contributed by atoms with Crippen LogP contribution in [0, 0.1) is 11.8 Å². The van der Waals surface area contributed by atoms with Gasteiger partial charge in [-0.05, 0) is 50.3 Å². The molecular weight excluding hydrogens is 716 g/mol. The maximum Gasteiger partial charge on any atom is 0.271 e. The number of nitrogens with one attached hydrogen (secondary N) is 6. The molecule has 1 aromatic carbocycles. The van der Waals surface area contributed by atoms with Crippen molar-refractivity contribution < 1.29 is 33.6 Å². The number of rotatable bonds is 20. The molecule has 3 rings (SSSR count). The predicted molar refractivity (Wildman–Crippen MR) is 216 cm³/mol. The van der Waals surface area contributed by atoms with E-state index < -0.39 is 29.7 Å². The van der Waals surface area contributed by atoms with Gasteiger partial charge < -0.3 is 36.7 Å². The Kier molecular flexibility index (Phi) is 26.6. The van der Waals surface area contributed by atoms with E-state index in [-0.39, 0.29) is 43.9 Å². The molecule has 15 nitrogen and oxygen atoms in total. The Balaban J connectivity index is 0.000000597. The highest BCUT2D eigenvalue weighted by atomic mass is 16.2. The van der Waals surface area contributed by atoms with Crippen molar-refractivity contribution in [2.75, 3.05) is 33.2 Å². The second-order valence-electron chi connectivity index (χ2n) is 13.1. The molecule has 1 aromatic heterocycles. The van der Waals surface area contributed by atoms with Crippen molar-refractivity contribution >= 4 is 48.2 Å². The summed E-state index contributed by atoms with van der Waals surface area (Å²) in [5.41, 5.74) is 1.63. The molecule has 1 heterocycles. The largest absolute Gasteiger partial charge is 0.354 e. The monoisotopic (exact) mass is 776 g/mol. The van der Waals surface area contributed by atoms with Crippen LogP contribution < -0.4 is 31.9 Å². The zero-order valence-corrected chi connectivity index (χ0v) is 33.1. The van der Waals surface area contributed by atoms with Crippen molar-refractivity contribution in [2.45, 2.75) is 84.2 Å². The normalized spacial score (nSPS) is 14.0. The van der Waals surface area contributed by atoms with E-state index in [1.54, 1.807) is 7.05 Å². The van der Waals surface area contributed by atoms with Gasteiger partial charge in [0.05, 0.1) is 25.3 Å². The summed E-state index contributed by atoms with van der Waals surface area (Å²) in [5, 5.41) is 15.9. The summed E-state index contributed by atoms with van der Waals surface area (Å²) in [7, 11) is 1.66. The van der Waals surface area contributed by atoms with Gasteiger partial charge in [-0.2, -0.15) is 0 Å². The number of amides is 5. The highest BCUT2D eigenvalue weighted by Gasteiger charge is 2.26. The summed E-state index contributed by atoms with van der Waals surface area (Å²) in [6.45, 7) is 6.22. The smallest absolute Gasteiger partial charge is 0.271 e. The van der Waals surface area contributed by atoms with Gasteiger partial charge >= 0.3 is 0 Å². The average molecular weight is 777 g/mol. The molecule has 2 aromatic rings. The van der Waals surface area contributed by atoms with Crippen molar-refractivity contribution in [1.82, 2.24) is 41.9 Å². The van der Waals surface area contributed by atoms with Gasteiger partial charge in [0.2, 0.25) is 23.6 Å². The van der Waals surface area contributed by atoms with E-state index in [4.69, 9.17) is 0 Å². The molecule has 1 fully saturated rings. The number of allylic oxidation sites excluding steroid dienone is 2. The number of likely N-dealkylation sites (N-methyl/N-ethyl adjacent to an activating group) is 1. The number of hydrogen-bond donors (Lipinski definition) is 6. The summed E-state index contributed by atoms with van der Waals surface area (Å²) in [4.78, 5) is 89.2. The minimum absolute atomic E-state index is 0.0341. The molecule has 0 saturated heterocycles. The lowest BCUT2D eigenvalue weighted by atomic mass is 9.84. The molecule has 0 radical (unpaired) electrons. The quantitative estimate of drug-likeness (QED) is 0.0854. The lowest BCUT2D eigenvalue weighted by Crippen LogP contribution is -2.52. The summed E-state index contributed by atoms with van der Waals surface area (Å²) >= 11 is 0. The van der Waals surface area contributed by atoms with Crippen LogP contribution in [0.3, 0.4) is 0 Å². The van der Waals surface area contributed by atoms with E-state index >= 15 is 0 Å². The first-order valence-corrected chi connectivity index (χ1v) is 19.1. The van der Waals surface area contributed by atoms with E-state index in [2.05, 4.69) is 60.1 Å². The number of benzene rings is 1. The molecule has 3 atom stereocenters. The first-order valence-electron chi connectivity index (χ1n) is 19.1. The van der Waals surface area contributed by atoms with Gasteiger partial charge in [0.1, 0.15) is 24.3 Å². The number of aldehydes is 2. The summed E-state index contributed by atoms with van der Waals surface area (Å²) in [5.74, 6) is -1.80. The SMILES string of the molecule is C/C=C/c1ccccc1.CCCNC(=O)c1cnccn1.CN[C@H](C=O)C(C)CNC(=O)CNC(=O)[C@H](CC1CCCCC1)NC(=O)CNC(=O)CC=CC=O. The highest BCUT2D eigenvalue weighted by molar-refractivity contribution is 5.92. The number of carbonyl (C=O) groups excluding carboxylic acids is 7. The van der Waals surface area contributed by atoms with Crippen LogP contribution in [0.2, 0.25) is 0 Å². The van der Waals surface area contributed by atoms with Crippen molar-refractivity contribution in [2.24, 2.45) is 11.8 Å². The Morgan fingerprint density at radius 2 is 1.61 bits per heavy atom. The fourth-order valence-electron chi connectivity index (χ4n) is 5.46. The predicted octanol–water partition coefficient (Wildman–Crippen LogP) is 2.69. The summed E-state index contributed by atoms with van der Waals surface area (Å²) in [6.07, 6.45) is 19.1. The fraction of sp³-hybridized carbons (Fsp3) is 0.488. The third kappa shape index (κ3) is 22.6. The third-order valence-corrected chi connectivity index (χ3v) is 8.54. The van der Waals surface area contributed by atoms with Crippen molar-refractivity contribution in [3.05, 3.63) is 78.4 Å². The van der Waals surface area contributed by atoms with Gasteiger partial charge in [0, 0.05) is 31.9 Å². The second kappa shape index (κ2) is 30.7. The first kappa shape index (κ1) is 48.4. The van der Waals surface area contributed by atoms with Crippen LogP contribution >= 0.6 is 0 Å². The molecule has 1 aliphatic carbocycles. The lowest BCUT2D eigenvalue weighted by molar-refractivity contribution is -0.131. The number of carbonyl (C=O) groups is 7. The van der Waals surface area contributed by atoms with Crippen LogP contribution in [0.15, 0.2) is 67.2 Å². The zero-order valence-electron chi connectivity index (χ0n) is 33.1. The maximum atomic E-state index is 12.8. The minimum atomic E-state index is -0.826. The Bertz CT molecular complexity index is 1520. The Morgan fingerprint density at radius 3 is 2.21 bits per heavy atom. The summed E-state index contributed by atoms with van der Waals surface area (Å²) in [6, 6.07) is 9.05. The topological polar surface area (TPSA) is 217 Å². The molecule has 1 saturated carbocycles. The lowest BCUT2D eigenvalue weighted by Gasteiger charge is -2.26. The minimum Gasteiger partial charge on any atom is -0.354 e. The number of hydrogen-bond acceptors (Lipinski definition) is 10. The van der Waals surface area contributed by atoms with Crippen LogP contribution in [0.1, 0.15) is 88.2 Å². The maximum absolute atomic E-state index is 12.8. The van der Waals surface area contributed by atoms with E-state index in [9.17, 15) is 33.6 Å². The summed E-state index contributed by atoms with van der Waals surface area (Å²) < 4.78 is 0. The molecule has 306 valence electrons. The molecule has 0 bridgehead atoms. The Hall–Kier alpha value is -5.57. The molecule has 56 heavy (non-hydrogen) atoms. The molecule has 1 aliphatic rings. The molecule has 0 aliphatic heterocycles. The van der Waals surface area contributed by atoms with Gasteiger partial charge in [0.25, 0.3) is 5.91 Å². The van der Waals surface area contributed by atoms with Gasteiger partial charge in [-0.15, -0.1) is 0 Å². The van der Waals surface area contributed by atoms with Crippen molar-refractivity contribution in [1.29, 1.82) is 0 Å². The molecule has 15 heteroatoms.